The normalized spacial score (nSPS) is 28.3. The van der Waals surface area contributed by atoms with Gasteiger partial charge in [0.2, 0.25) is 5.91 Å². The smallest absolute Gasteiger partial charge is 0.305 e. The van der Waals surface area contributed by atoms with Crippen molar-refractivity contribution in [2.45, 2.75) is 75.8 Å². The Morgan fingerprint density at radius 3 is 2.29 bits per heavy atom. The summed E-state index contributed by atoms with van der Waals surface area (Å²) >= 11 is 0. The summed E-state index contributed by atoms with van der Waals surface area (Å²) in [6, 6.07) is 0. The molecule has 2 aliphatic rings. The van der Waals surface area contributed by atoms with Crippen LogP contribution in [0, 0.1) is 0 Å². The fourth-order valence-corrected chi connectivity index (χ4v) is 4.10. The summed E-state index contributed by atoms with van der Waals surface area (Å²) in [6.45, 7) is 2.91. The first kappa shape index (κ1) is 16.3. The van der Waals surface area contributed by atoms with E-state index in [1.807, 2.05) is 14.0 Å². The first-order chi connectivity index (χ1) is 9.96. The summed E-state index contributed by atoms with van der Waals surface area (Å²) in [4.78, 5) is 26.2. The maximum Gasteiger partial charge on any atom is 0.305 e. The molecule has 1 aliphatic carbocycles. The number of hydrogen-bond acceptors (Lipinski definition) is 3. The number of aliphatic carboxylic acids is 1. The van der Waals surface area contributed by atoms with E-state index >= 15 is 0 Å². The van der Waals surface area contributed by atoms with Gasteiger partial charge in [-0.15, -0.1) is 0 Å². The number of nitrogens with zero attached hydrogens (tertiary/aromatic N) is 1. The lowest BCUT2D eigenvalue weighted by molar-refractivity contribution is -0.149. The zero-order chi connectivity index (χ0) is 15.5. The lowest BCUT2D eigenvalue weighted by Crippen LogP contribution is -2.61. The average molecular weight is 296 g/mol. The van der Waals surface area contributed by atoms with Gasteiger partial charge in [-0.05, 0) is 38.6 Å². The molecule has 1 saturated heterocycles. The number of carboxylic acids is 1. The first-order valence-electron chi connectivity index (χ1n) is 8.21. The second-order valence-corrected chi connectivity index (χ2v) is 6.69. The molecule has 2 rings (SSSR count). The molecule has 21 heavy (non-hydrogen) atoms. The highest BCUT2D eigenvalue weighted by molar-refractivity contribution is 5.87. The standard InChI is InChI=1S/C16H28N2O3/c1-3-16(10-7-11-17-16)14(21)18(2)15(12-13(19)20)8-5-4-6-9-15/h17H,3-12H2,1-2H3,(H,19,20). The molecule has 2 N–H and O–H groups in total. The molecule has 1 saturated carbocycles. The van der Waals surface area contributed by atoms with Crippen LogP contribution in [0.15, 0.2) is 0 Å². The number of amides is 1. The van der Waals surface area contributed by atoms with E-state index in [1.165, 1.54) is 0 Å². The second-order valence-electron chi connectivity index (χ2n) is 6.69. The van der Waals surface area contributed by atoms with Gasteiger partial charge in [-0.3, -0.25) is 9.59 Å². The molecule has 0 aromatic heterocycles. The number of nitrogens with one attached hydrogen (secondary N) is 1. The molecule has 1 unspecified atom stereocenters. The van der Waals surface area contributed by atoms with Crippen LogP contribution in [-0.4, -0.2) is 46.6 Å². The molecular weight excluding hydrogens is 268 g/mol. The molecule has 0 radical (unpaired) electrons. The third-order valence-electron chi connectivity index (χ3n) is 5.54. The Bertz CT molecular complexity index is 396. The molecule has 2 fully saturated rings. The van der Waals surface area contributed by atoms with Gasteiger partial charge < -0.3 is 15.3 Å². The number of rotatable bonds is 5. The Labute approximate surface area is 127 Å². The van der Waals surface area contributed by atoms with Crippen LogP contribution in [0.5, 0.6) is 0 Å². The number of carbonyl (C=O) groups excluding carboxylic acids is 1. The van der Waals surface area contributed by atoms with Crippen molar-refractivity contribution in [3.05, 3.63) is 0 Å². The molecule has 5 heteroatoms. The lowest BCUT2D eigenvalue weighted by atomic mass is 9.77. The highest BCUT2D eigenvalue weighted by atomic mass is 16.4. The second kappa shape index (κ2) is 6.34. The molecule has 1 aliphatic heterocycles. The molecule has 5 nitrogen and oxygen atoms in total. The van der Waals surface area contributed by atoms with E-state index in [1.54, 1.807) is 4.90 Å². The van der Waals surface area contributed by atoms with Gasteiger partial charge in [0.15, 0.2) is 0 Å². The monoisotopic (exact) mass is 296 g/mol. The van der Waals surface area contributed by atoms with Crippen LogP contribution in [0.3, 0.4) is 0 Å². The molecule has 0 bridgehead atoms. The molecule has 0 spiro atoms. The van der Waals surface area contributed by atoms with E-state index < -0.39 is 17.0 Å². The van der Waals surface area contributed by atoms with Gasteiger partial charge in [0.1, 0.15) is 0 Å². The van der Waals surface area contributed by atoms with Crippen molar-refractivity contribution in [2.24, 2.45) is 0 Å². The SMILES string of the molecule is CCC1(C(=O)N(C)C2(CC(=O)O)CCCCC2)CCCN1. The Hall–Kier alpha value is -1.10. The van der Waals surface area contributed by atoms with Crippen molar-refractivity contribution in [2.75, 3.05) is 13.6 Å². The van der Waals surface area contributed by atoms with Crippen LogP contribution < -0.4 is 5.32 Å². The van der Waals surface area contributed by atoms with E-state index in [4.69, 9.17) is 0 Å². The molecule has 1 atom stereocenters. The average Bonchev–Trinajstić information content (AvgIpc) is 2.96. The summed E-state index contributed by atoms with van der Waals surface area (Å²) in [6.07, 6.45) is 7.47. The number of likely N-dealkylation sites (N-methyl/N-ethyl adjacent to an activating group) is 1. The van der Waals surface area contributed by atoms with E-state index in [9.17, 15) is 14.7 Å². The molecule has 0 aromatic rings. The maximum atomic E-state index is 13.1. The van der Waals surface area contributed by atoms with Gasteiger partial charge >= 0.3 is 5.97 Å². The maximum absolute atomic E-state index is 13.1. The van der Waals surface area contributed by atoms with Crippen LogP contribution in [0.4, 0.5) is 0 Å². The quantitative estimate of drug-likeness (QED) is 0.815. The predicted octanol–water partition coefficient (Wildman–Crippen LogP) is 2.15. The van der Waals surface area contributed by atoms with Crippen molar-refractivity contribution in [3.63, 3.8) is 0 Å². The number of hydrogen-bond donors (Lipinski definition) is 2. The van der Waals surface area contributed by atoms with Crippen molar-refractivity contribution >= 4 is 11.9 Å². The van der Waals surface area contributed by atoms with Crippen LogP contribution in [0.1, 0.15) is 64.7 Å². The first-order valence-corrected chi connectivity index (χ1v) is 8.21. The lowest BCUT2D eigenvalue weighted by Gasteiger charge is -2.47. The zero-order valence-corrected chi connectivity index (χ0v) is 13.3. The van der Waals surface area contributed by atoms with Gasteiger partial charge in [0, 0.05) is 7.05 Å². The molecule has 1 heterocycles. The van der Waals surface area contributed by atoms with E-state index in [0.717, 1.165) is 57.9 Å². The largest absolute Gasteiger partial charge is 0.481 e. The number of carbonyl (C=O) groups is 2. The van der Waals surface area contributed by atoms with Gasteiger partial charge in [-0.25, -0.2) is 0 Å². The van der Waals surface area contributed by atoms with Crippen LogP contribution in [0.2, 0.25) is 0 Å². The minimum Gasteiger partial charge on any atom is -0.481 e. The topological polar surface area (TPSA) is 69.6 Å². The van der Waals surface area contributed by atoms with E-state index in [2.05, 4.69) is 5.32 Å². The highest BCUT2D eigenvalue weighted by Gasteiger charge is 2.48. The van der Waals surface area contributed by atoms with Gasteiger partial charge in [0.25, 0.3) is 0 Å². The highest BCUT2D eigenvalue weighted by Crippen LogP contribution is 2.38. The van der Waals surface area contributed by atoms with Crippen molar-refractivity contribution < 1.29 is 14.7 Å². The van der Waals surface area contributed by atoms with E-state index in [-0.39, 0.29) is 12.3 Å². The molecule has 0 aromatic carbocycles. The van der Waals surface area contributed by atoms with Crippen LogP contribution in [-0.2, 0) is 9.59 Å². The molecule has 120 valence electrons. The Balaban J connectivity index is 2.22. The Morgan fingerprint density at radius 2 is 1.81 bits per heavy atom. The summed E-state index contributed by atoms with van der Waals surface area (Å²) < 4.78 is 0. The summed E-state index contributed by atoms with van der Waals surface area (Å²) in [5.74, 6) is -0.716. The zero-order valence-electron chi connectivity index (χ0n) is 13.3. The third-order valence-corrected chi connectivity index (χ3v) is 5.54. The number of carboxylic acid groups (broad SMARTS) is 1. The summed E-state index contributed by atoms with van der Waals surface area (Å²) in [7, 11) is 1.81. The van der Waals surface area contributed by atoms with Crippen molar-refractivity contribution in [3.8, 4) is 0 Å². The Morgan fingerprint density at radius 1 is 1.14 bits per heavy atom. The van der Waals surface area contributed by atoms with Crippen LogP contribution in [0.25, 0.3) is 0 Å². The molecule has 1 amide bonds. The van der Waals surface area contributed by atoms with Crippen LogP contribution >= 0.6 is 0 Å². The third kappa shape index (κ3) is 3.07. The minimum atomic E-state index is -0.804. The molecular formula is C16H28N2O3. The van der Waals surface area contributed by atoms with Gasteiger partial charge in [-0.2, -0.15) is 0 Å². The fourth-order valence-electron chi connectivity index (χ4n) is 4.10. The van der Waals surface area contributed by atoms with Crippen molar-refractivity contribution in [1.29, 1.82) is 0 Å². The minimum absolute atomic E-state index is 0.0645. The summed E-state index contributed by atoms with van der Waals surface area (Å²) in [5.41, 5.74) is -0.967. The van der Waals surface area contributed by atoms with Gasteiger partial charge in [-0.1, -0.05) is 26.2 Å². The fraction of sp³-hybridized carbons (Fsp3) is 0.875. The Kier molecular flexibility index (Phi) is 4.91. The summed E-state index contributed by atoms with van der Waals surface area (Å²) in [5, 5.41) is 12.7. The van der Waals surface area contributed by atoms with Gasteiger partial charge in [0.05, 0.1) is 17.5 Å². The van der Waals surface area contributed by atoms with Crippen molar-refractivity contribution in [1.82, 2.24) is 10.2 Å². The predicted molar refractivity (Wildman–Crippen MR) is 81.1 cm³/mol. The van der Waals surface area contributed by atoms with E-state index in [0.29, 0.717) is 0 Å².